The van der Waals surface area contributed by atoms with Crippen molar-refractivity contribution in [1.82, 2.24) is 13.9 Å². The van der Waals surface area contributed by atoms with Crippen molar-refractivity contribution in [3.8, 4) is 0 Å². The molecular weight excluding hydrogens is 450 g/mol. The van der Waals surface area contributed by atoms with Crippen molar-refractivity contribution in [2.75, 3.05) is 38.4 Å². The number of para-hydroxylation sites is 1. The molecule has 3 rings (SSSR count). The molecule has 0 atom stereocenters. The van der Waals surface area contributed by atoms with E-state index >= 15 is 0 Å². The molecule has 0 unspecified atom stereocenters. The van der Waals surface area contributed by atoms with Crippen molar-refractivity contribution in [2.45, 2.75) is 31.2 Å². The highest BCUT2D eigenvalue weighted by molar-refractivity contribution is 7.89. The van der Waals surface area contributed by atoms with Crippen molar-refractivity contribution in [1.29, 1.82) is 0 Å². The third-order valence-electron chi connectivity index (χ3n) is 5.18. The minimum atomic E-state index is -3.55. The fourth-order valence-electron chi connectivity index (χ4n) is 3.58. The summed E-state index contributed by atoms with van der Waals surface area (Å²) in [5.41, 5.74) is 2.83. The molecule has 0 aliphatic carbocycles. The molecule has 1 N–H and O–H groups in total. The molecule has 1 amide bonds. The van der Waals surface area contributed by atoms with Crippen LogP contribution in [0.25, 0.3) is 11.0 Å². The number of fused-ring (bicyclic) bond motifs is 1. The maximum absolute atomic E-state index is 12.7. The van der Waals surface area contributed by atoms with Crippen LogP contribution in [0.4, 0.5) is 11.4 Å². The van der Waals surface area contributed by atoms with Crippen LogP contribution in [0.2, 0.25) is 5.02 Å². The molecule has 1 heterocycles. The molecule has 10 heteroatoms. The number of imidazole rings is 1. The summed E-state index contributed by atoms with van der Waals surface area (Å²) in [6.45, 7) is 2.65. The molecule has 0 aliphatic rings. The predicted octanol–water partition coefficient (Wildman–Crippen LogP) is 3.60. The van der Waals surface area contributed by atoms with Crippen LogP contribution in [-0.2, 0) is 27.8 Å². The first-order chi connectivity index (χ1) is 15.1. The number of hydrogen-bond donors (Lipinski definition) is 1. The summed E-state index contributed by atoms with van der Waals surface area (Å²) in [5, 5.41) is 3.49. The highest BCUT2D eigenvalue weighted by Gasteiger charge is 2.20. The third kappa shape index (κ3) is 4.74. The zero-order chi connectivity index (χ0) is 23.6. The standard InChI is InChI=1S/C22H28ClN5O3S/c1-6-28-19-11-10-15(32(30,31)27(4)5)14-18(19)24-20(28)12-13-21(29)25-17-9-7-8-16(23)22(17)26(2)3/h7-11,14H,6,12-13H2,1-5H3,(H,25,29). The molecule has 0 fully saturated rings. The van der Waals surface area contributed by atoms with Crippen LogP contribution in [0.5, 0.6) is 0 Å². The lowest BCUT2D eigenvalue weighted by Gasteiger charge is -2.19. The Labute approximate surface area is 193 Å². The number of halogens is 1. The summed E-state index contributed by atoms with van der Waals surface area (Å²) < 4.78 is 28.1. The maximum atomic E-state index is 12.7. The number of nitrogens with zero attached hydrogens (tertiary/aromatic N) is 4. The molecule has 8 nitrogen and oxygen atoms in total. The van der Waals surface area contributed by atoms with E-state index < -0.39 is 10.0 Å². The van der Waals surface area contributed by atoms with E-state index in [1.165, 1.54) is 18.4 Å². The van der Waals surface area contributed by atoms with Gasteiger partial charge in [-0.05, 0) is 37.3 Å². The number of aryl methyl sites for hydroxylation is 2. The van der Waals surface area contributed by atoms with Crippen LogP contribution in [0.3, 0.4) is 0 Å². The van der Waals surface area contributed by atoms with Crippen molar-refractivity contribution in [3.63, 3.8) is 0 Å². The molecule has 3 aromatic rings. The molecule has 0 saturated carbocycles. The molecule has 1 aromatic heterocycles. The molecular formula is C22H28ClN5O3S. The third-order valence-corrected chi connectivity index (χ3v) is 7.29. The van der Waals surface area contributed by atoms with E-state index in [0.717, 1.165) is 17.0 Å². The van der Waals surface area contributed by atoms with Gasteiger partial charge in [0, 0.05) is 47.6 Å². The number of sulfonamides is 1. The van der Waals surface area contributed by atoms with Gasteiger partial charge >= 0.3 is 0 Å². The summed E-state index contributed by atoms with van der Waals surface area (Å²) in [7, 11) is 3.18. The van der Waals surface area contributed by atoms with Gasteiger partial charge < -0.3 is 14.8 Å². The Hall–Kier alpha value is -2.62. The van der Waals surface area contributed by atoms with Crippen molar-refractivity contribution in [3.05, 3.63) is 47.2 Å². The van der Waals surface area contributed by atoms with Crippen LogP contribution < -0.4 is 10.2 Å². The van der Waals surface area contributed by atoms with Crippen LogP contribution in [-0.4, -0.2) is 56.4 Å². The molecule has 32 heavy (non-hydrogen) atoms. The van der Waals surface area contributed by atoms with E-state index in [1.54, 1.807) is 30.3 Å². The fraction of sp³-hybridized carbons (Fsp3) is 0.364. The monoisotopic (exact) mass is 477 g/mol. The molecule has 172 valence electrons. The Morgan fingerprint density at radius 3 is 2.50 bits per heavy atom. The topological polar surface area (TPSA) is 87.5 Å². The van der Waals surface area contributed by atoms with Gasteiger partial charge in [0.2, 0.25) is 15.9 Å². The molecule has 0 radical (unpaired) electrons. The number of rotatable bonds is 8. The average Bonchev–Trinajstić information content (AvgIpc) is 3.08. The van der Waals surface area contributed by atoms with Gasteiger partial charge in [-0.25, -0.2) is 17.7 Å². The SMILES string of the molecule is CCn1c(CCC(=O)Nc2cccc(Cl)c2N(C)C)nc2cc(S(=O)(=O)N(C)C)ccc21. The van der Waals surface area contributed by atoms with Crippen LogP contribution in [0.1, 0.15) is 19.2 Å². The van der Waals surface area contributed by atoms with Gasteiger partial charge in [-0.15, -0.1) is 0 Å². The molecule has 0 aliphatic heterocycles. The fourth-order valence-corrected chi connectivity index (χ4v) is 4.85. The summed E-state index contributed by atoms with van der Waals surface area (Å²) in [4.78, 5) is 19.3. The van der Waals surface area contributed by atoms with Crippen molar-refractivity contribution >= 4 is 49.9 Å². The minimum absolute atomic E-state index is 0.152. The summed E-state index contributed by atoms with van der Waals surface area (Å²) in [5.74, 6) is 0.580. The predicted molar refractivity (Wildman–Crippen MR) is 129 cm³/mol. The maximum Gasteiger partial charge on any atom is 0.242 e. The molecule has 0 saturated heterocycles. The lowest BCUT2D eigenvalue weighted by Crippen LogP contribution is -2.22. The van der Waals surface area contributed by atoms with Crippen molar-refractivity contribution < 1.29 is 13.2 Å². The number of anilines is 2. The van der Waals surface area contributed by atoms with Gasteiger partial charge in [-0.2, -0.15) is 0 Å². The Morgan fingerprint density at radius 2 is 1.88 bits per heavy atom. The Balaban J connectivity index is 1.82. The zero-order valence-electron chi connectivity index (χ0n) is 18.9. The molecule has 2 aromatic carbocycles. The number of aromatic nitrogens is 2. The minimum Gasteiger partial charge on any atom is -0.375 e. The molecule has 0 spiro atoms. The van der Waals surface area contributed by atoms with E-state index in [0.29, 0.717) is 29.2 Å². The van der Waals surface area contributed by atoms with Crippen LogP contribution in [0.15, 0.2) is 41.3 Å². The van der Waals surface area contributed by atoms with Crippen LogP contribution in [0, 0.1) is 0 Å². The first kappa shape index (κ1) is 24.0. The lowest BCUT2D eigenvalue weighted by molar-refractivity contribution is -0.116. The van der Waals surface area contributed by atoms with Gasteiger partial charge in [0.15, 0.2) is 0 Å². The first-order valence-electron chi connectivity index (χ1n) is 10.2. The van der Waals surface area contributed by atoms with Gasteiger partial charge in [0.05, 0.1) is 32.3 Å². The lowest BCUT2D eigenvalue weighted by atomic mass is 10.2. The van der Waals surface area contributed by atoms with E-state index in [-0.39, 0.29) is 17.2 Å². The number of nitrogens with one attached hydrogen (secondary N) is 1. The van der Waals surface area contributed by atoms with Crippen molar-refractivity contribution in [2.24, 2.45) is 0 Å². The van der Waals surface area contributed by atoms with E-state index in [4.69, 9.17) is 11.6 Å². The highest BCUT2D eigenvalue weighted by Crippen LogP contribution is 2.32. The quantitative estimate of drug-likeness (QED) is 0.535. The second-order valence-electron chi connectivity index (χ2n) is 7.79. The van der Waals surface area contributed by atoms with E-state index in [2.05, 4.69) is 10.3 Å². The Bertz CT molecular complexity index is 1250. The smallest absolute Gasteiger partial charge is 0.242 e. The van der Waals surface area contributed by atoms with Gasteiger partial charge in [-0.3, -0.25) is 4.79 Å². The second kappa shape index (κ2) is 9.48. The van der Waals surface area contributed by atoms with Gasteiger partial charge in [0.25, 0.3) is 0 Å². The summed E-state index contributed by atoms with van der Waals surface area (Å²) >= 11 is 6.28. The van der Waals surface area contributed by atoms with E-state index in [9.17, 15) is 13.2 Å². The largest absolute Gasteiger partial charge is 0.375 e. The van der Waals surface area contributed by atoms with Gasteiger partial charge in [0.1, 0.15) is 5.82 Å². The Kier molecular flexibility index (Phi) is 7.12. The number of hydrogen-bond acceptors (Lipinski definition) is 5. The van der Waals surface area contributed by atoms with Gasteiger partial charge in [-0.1, -0.05) is 17.7 Å². The average molecular weight is 478 g/mol. The Morgan fingerprint density at radius 1 is 1.16 bits per heavy atom. The van der Waals surface area contributed by atoms with Crippen LogP contribution >= 0.6 is 11.6 Å². The first-order valence-corrected chi connectivity index (χ1v) is 12.1. The van der Waals surface area contributed by atoms with E-state index in [1.807, 2.05) is 36.6 Å². The zero-order valence-corrected chi connectivity index (χ0v) is 20.5. The second-order valence-corrected chi connectivity index (χ2v) is 10.3. The number of benzene rings is 2. The summed E-state index contributed by atoms with van der Waals surface area (Å²) in [6.07, 6.45) is 0.646. The number of carbonyl (C=O) groups is 1. The molecule has 0 bridgehead atoms. The normalized spacial score (nSPS) is 11.8. The number of amides is 1. The highest BCUT2D eigenvalue weighted by atomic mass is 35.5. The number of carbonyl (C=O) groups excluding carboxylic acids is 1. The summed E-state index contributed by atoms with van der Waals surface area (Å²) in [6, 6.07) is 10.3.